The number of halogens is 1. The van der Waals surface area contributed by atoms with Gasteiger partial charge in [-0.1, -0.05) is 19.9 Å². The summed E-state index contributed by atoms with van der Waals surface area (Å²) in [5, 5.41) is 24.0. The van der Waals surface area contributed by atoms with Crippen LogP contribution in [0, 0.1) is 17.2 Å². The van der Waals surface area contributed by atoms with Crippen LogP contribution in [-0.2, 0) is 24.4 Å². The predicted molar refractivity (Wildman–Crippen MR) is 120 cm³/mol. The van der Waals surface area contributed by atoms with Crippen LogP contribution >= 0.6 is 0 Å². The van der Waals surface area contributed by atoms with E-state index in [9.17, 15) is 37.4 Å². The van der Waals surface area contributed by atoms with Crippen LogP contribution in [0.4, 0.5) is 4.39 Å². The Kier molecular flexibility index (Phi) is 9.68. The van der Waals surface area contributed by atoms with Gasteiger partial charge in [-0.05, 0) is 37.0 Å². The van der Waals surface area contributed by atoms with Crippen LogP contribution in [0.3, 0.4) is 0 Å². The molecule has 0 spiro atoms. The highest BCUT2D eigenvalue weighted by Gasteiger charge is 2.33. The van der Waals surface area contributed by atoms with Crippen LogP contribution in [0.15, 0.2) is 29.2 Å². The average molecular weight is 502 g/mol. The fourth-order valence-corrected chi connectivity index (χ4v) is 4.92. The molecule has 190 valence electrons. The Morgan fingerprint density at radius 2 is 1.85 bits per heavy atom. The van der Waals surface area contributed by atoms with E-state index in [1.54, 1.807) is 0 Å². The van der Waals surface area contributed by atoms with E-state index in [-0.39, 0.29) is 43.4 Å². The average Bonchev–Trinajstić information content (AvgIpc) is 2.82. The monoisotopic (exact) mass is 501 g/mol. The molecule has 1 heterocycles. The van der Waals surface area contributed by atoms with Crippen LogP contribution in [-0.4, -0.2) is 79.4 Å². The highest BCUT2D eigenvalue weighted by Crippen LogP contribution is 2.24. The van der Waals surface area contributed by atoms with Gasteiger partial charge in [-0.3, -0.25) is 14.4 Å². The molecule has 1 fully saturated rings. The zero-order chi connectivity index (χ0) is 25.5. The Labute approximate surface area is 198 Å². The molecule has 2 amide bonds. The number of rotatable bonds is 11. The summed E-state index contributed by atoms with van der Waals surface area (Å²) in [5.74, 6) is -2.94. The second-order valence-corrected chi connectivity index (χ2v) is 11.0. The Morgan fingerprint density at radius 1 is 1.21 bits per heavy atom. The van der Waals surface area contributed by atoms with Gasteiger partial charge in [0.1, 0.15) is 11.9 Å². The summed E-state index contributed by atoms with van der Waals surface area (Å²) in [6, 6.07) is 4.83. The summed E-state index contributed by atoms with van der Waals surface area (Å²) in [5.41, 5.74) is -1.04. The van der Waals surface area contributed by atoms with Crippen molar-refractivity contribution in [1.29, 1.82) is 0 Å². The maximum Gasteiger partial charge on any atom is 0.287 e. The Bertz CT molecular complexity index is 992. The number of amides is 2. The number of hydrogen-bond acceptors (Lipinski definition) is 7. The number of ketones is 1. The summed E-state index contributed by atoms with van der Waals surface area (Å²) in [6.45, 7) is 3.11. The van der Waals surface area contributed by atoms with Gasteiger partial charge >= 0.3 is 0 Å². The summed E-state index contributed by atoms with van der Waals surface area (Å²) in [7, 11) is -3.80. The molecule has 1 atom stereocenters. The molecule has 0 aromatic heterocycles. The van der Waals surface area contributed by atoms with Crippen molar-refractivity contribution < 1.29 is 37.4 Å². The lowest BCUT2D eigenvalue weighted by Gasteiger charge is -2.31. The summed E-state index contributed by atoms with van der Waals surface area (Å²) in [4.78, 5) is 35.8. The van der Waals surface area contributed by atoms with Gasteiger partial charge in [-0.25, -0.2) is 12.8 Å². The van der Waals surface area contributed by atoms with E-state index in [4.69, 9.17) is 0 Å². The molecular weight excluding hydrogens is 469 g/mol. The van der Waals surface area contributed by atoms with Crippen molar-refractivity contribution in [2.45, 2.75) is 44.1 Å². The number of aliphatic hydroxyl groups is 2. The minimum atomic E-state index is -3.80. The molecule has 1 aromatic rings. The number of sulfonamides is 1. The lowest BCUT2D eigenvalue weighted by Crippen LogP contribution is -2.46. The lowest BCUT2D eigenvalue weighted by atomic mass is 9.87. The van der Waals surface area contributed by atoms with Crippen LogP contribution in [0.2, 0.25) is 0 Å². The van der Waals surface area contributed by atoms with Crippen molar-refractivity contribution in [3.63, 3.8) is 0 Å². The fourth-order valence-electron chi connectivity index (χ4n) is 3.42. The normalized spacial score (nSPS) is 16.6. The molecule has 0 bridgehead atoms. The van der Waals surface area contributed by atoms with Gasteiger partial charge in [0.25, 0.3) is 5.91 Å². The third-order valence-electron chi connectivity index (χ3n) is 5.86. The zero-order valence-corrected chi connectivity index (χ0v) is 20.1. The number of piperidine rings is 1. The summed E-state index contributed by atoms with van der Waals surface area (Å²) in [6.07, 6.45) is -0.777. The van der Waals surface area contributed by atoms with Crippen LogP contribution in [0.25, 0.3) is 0 Å². The van der Waals surface area contributed by atoms with E-state index in [0.29, 0.717) is 12.8 Å². The van der Waals surface area contributed by atoms with Gasteiger partial charge < -0.3 is 20.8 Å². The molecule has 4 N–H and O–H groups in total. The minimum absolute atomic E-state index is 0.0220. The molecule has 0 unspecified atom stereocenters. The Hall–Kier alpha value is -2.41. The summed E-state index contributed by atoms with van der Waals surface area (Å²) >= 11 is 0. The van der Waals surface area contributed by atoms with Crippen molar-refractivity contribution in [3.05, 3.63) is 30.1 Å². The largest absolute Gasteiger partial charge is 0.396 e. The number of carbonyl (C=O) groups excluding carboxylic acids is 3. The van der Waals surface area contributed by atoms with Crippen LogP contribution < -0.4 is 10.6 Å². The number of Topliss-reactive ketones (excluding diaryl/α,β-unsaturated/α-hetero) is 1. The van der Waals surface area contributed by atoms with Crippen LogP contribution in [0.1, 0.15) is 33.1 Å². The van der Waals surface area contributed by atoms with Crippen molar-refractivity contribution >= 4 is 27.6 Å². The quantitative estimate of drug-likeness (QED) is 0.306. The van der Waals surface area contributed by atoms with E-state index < -0.39 is 51.6 Å². The molecule has 34 heavy (non-hydrogen) atoms. The maximum atomic E-state index is 13.4. The molecular formula is C22H32FN3O7S. The zero-order valence-electron chi connectivity index (χ0n) is 19.3. The number of hydrogen-bond donors (Lipinski definition) is 4. The van der Waals surface area contributed by atoms with Crippen molar-refractivity contribution in [2.75, 3.05) is 32.8 Å². The third kappa shape index (κ3) is 7.29. The Morgan fingerprint density at radius 3 is 2.44 bits per heavy atom. The Balaban J connectivity index is 1.73. The van der Waals surface area contributed by atoms with Gasteiger partial charge in [0.05, 0.1) is 11.5 Å². The molecule has 2 rings (SSSR count). The van der Waals surface area contributed by atoms with E-state index in [0.717, 1.165) is 6.07 Å². The second-order valence-electron chi connectivity index (χ2n) is 9.03. The number of nitrogens with one attached hydrogen (secondary N) is 2. The minimum Gasteiger partial charge on any atom is -0.396 e. The molecule has 10 nitrogen and oxygen atoms in total. The molecule has 0 radical (unpaired) electrons. The van der Waals surface area contributed by atoms with E-state index >= 15 is 0 Å². The van der Waals surface area contributed by atoms with Gasteiger partial charge in [0.15, 0.2) is 0 Å². The highest BCUT2D eigenvalue weighted by atomic mass is 32.2. The van der Waals surface area contributed by atoms with E-state index in [1.165, 1.54) is 36.4 Å². The van der Waals surface area contributed by atoms with Crippen molar-refractivity contribution in [1.82, 2.24) is 14.9 Å². The molecule has 1 aliphatic heterocycles. The summed E-state index contributed by atoms with van der Waals surface area (Å²) < 4.78 is 40.0. The van der Waals surface area contributed by atoms with Crippen molar-refractivity contribution in [2.24, 2.45) is 11.3 Å². The number of benzene rings is 1. The van der Waals surface area contributed by atoms with Crippen molar-refractivity contribution in [3.8, 4) is 0 Å². The highest BCUT2D eigenvalue weighted by molar-refractivity contribution is 7.89. The second kappa shape index (κ2) is 11.8. The third-order valence-corrected chi connectivity index (χ3v) is 7.75. The first kappa shape index (κ1) is 27.8. The molecule has 1 aliphatic rings. The van der Waals surface area contributed by atoms with Gasteiger partial charge in [0, 0.05) is 38.0 Å². The lowest BCUT2D eigenvalue weighted by molar-refractivity contribution is -0.139. The molecule has 12 heteroatoms. The molecule has 0 aliphatic carbocycles. The predicted octanol–water partition coefficient (Wildman–Crippen LogP) is -0.203. The maximum absolute atomic E-state index is 13.4. The number of nitrogens with zero attached hydrogens (tertiary/aromatic N) is 1. The van der Waals surface area contributed by atoms with Crippen LogP contribution in [0.5, 0.6) is 0 Å². The van der Waals surface area contributed by atoms with Gasteiger partial charge in [-0.15, -0.1) is 0 Å². The first-order valence-corrected chi connectivity index (χ1v) is 12.5. The fraction of sp³-hybridized carbons (Fsp3) is 0.591. The van der Waals surface area contributed by atoms with E-state index in [1.807, 2.05) is 0 Å². The van der Waals surface area contributed by atoms with Gasteiger partial charge in [-0.2, -0.15) is 4.31 Å². The van der Waals surface area contributed by atoms with Gasteiger partial charge in [0.2, 0.25) is 21.7 Å². The number of carbonyl (C=O) groups is 3. The first-order valence-electron chi connectivity index (χ1n) is 11.0. The SMILES string of the molecule is CC(C)(CO)[C@@H](O)C(=O)NCCC(=O)C(=O)NCC1CCN(S(=O)(=O)c2cccc(F)c2)CC1. The smallest absolute Gasteiger partial charge is 0.287 e. The van der Waals surface area contributed by atoms with E-state index in [2.05, 4.69) is 10.6 Å². The topological polar surface area (TPSA) is 153 Å². The molecule has 1 saturated heterocycles. The standard InChI is InChI=1S/C22H32FN3O7S/c1-22(2,14-27)19(29)21(31)24-9-6-18(28)20(30)25-13-15-7-10-26(11-8-15)34(32,33)17-5-3-4-16(23)12-17/h3-5,12,15,19,27,29H,6-11,13-14H2,1-2H3,(H,24,31)(H,25,30)/t19-/m0/s1. The number of aliphatic hydroxyl groups excluding tert-OH is 2. The first-order chi connectivity index (χ1) is 15.9. The molecule has 0 saturated carbocycles. The molecule has 1 aromatic carbocycles.